The predicted octanol–water partition coefficient (Wildman–Crippen LogP) is 2.84. The van der Waals surface area contributed by atoms with E-state index in [-0.39, 0.29) is 0 Å². The molecule has 0 fully saturated rings. The standard InChI is InChI=1S/C14H20N2/c1-8-13-10(7-14(8,2)3)12(15)9-5-4-6-11(9)16-13/h8H,4-7H2,1-3H3,(H2,15,16). The van der Waals surface area contributed by atoms with Crippen LogP contribution in [0.1, 0.15) is 55.6 Å². The first-order valence-electron chi connectivity index (χ1n) is 6.30. The van der Waals surface area contributed by atoms with Gasteiger partial charge in [-0.3, -0.25) is 4.98 Å². The number of rotatable bonds is 0. The molecule has 0 saturated carbocycles. The summed E-state index contributed by atoms with van der Waals surface area (Å²) in [6, 6.07) is 0. The minimum Gasteiger partial charge on any atom is -0.398 e. The molecule has 2 N–H and O–H groups in total. The van der Waals surface area contributed by atoms with Crippen LogP contribution >= 0.6 is 0 Å². The molecular formula is C14H20N2. The molecule has 0 bridgehead atoms. The molecule has 3 rings (SSSR count). The van der Waals surface area contributed by atoms with Crippen molar-refractivity contribution in [2.75, 3.05) is 5.73 Å². The molecule has 1 aromatic heterocycles. The Balaban J connectivity index is 2.21. The van der Waals surface area contributed by atoms with Crippen molar-refractivity contribution in [3.05, 3.63) is 22.5 Å². The first-order chi connectivity index (χ1) is 7.50. The summed E-state index contributed by atoms with van der Waals surface area (Å²) in [5.74, 6) is 0.538. The van der Waals surface area contributed by atoms with Crippen LogP contribution in [0.5, 0.6) is 0 Å². The van der Waals surface area contributed by atoms with Crippen molar-refractivity contribution in [1.29, 1.82) is 0 Å². The van der Waals surface area contributed by atoms with E-state index in [1.54, 1.807) is 0 Å². The second kappa shape index (κ2) is 2.99. The largest absolute Gasteiger partial charge is 0.398 e. The molecule has 1 atom stereocenters. The Morgan fingerprint density at radius 2 is 2.00 bits per heavy atom. The molecule has 1 unspecified atom stereocenters. The lowest BCUT2D eigenvalue weighted by Gasteiger charge is -2.22. The van der Waals surface area contributed by atoms with Gasteiger partial charge in [-0.1, -0.05) is 20.8 Å². The number of nitrogens with two attached hydrogens (primary N) is 1. The van der Waals surface area contributed by atoms with Gasteiger partial charge in [0.15, 0.2) is 0 Å². The van der Waals surface area contributed by atoms with Crippen molar-refractivity contribution < 1.29 is 0 Å². The van der Waals surface area contributed by atoms with Gasteiger partial charge in [-0.05, 0) is 42.2 Å². The molecule has 0 aliphatic heterocycles. The fourth-order valence-electron chi connectivity index (χ4n) is 3.20. The fraction of sp³-hybridized carbons (Fsp3) is 0.643. The van der Waals surface area contributed by atoms with E-state index >= 15 is 0 Å². The molecule has 1 heterocycles. The lowest BCUT2D eigenvalue weighted by Crippen LogP contribution is -2.15. The zero-order chi connectivity index (χ0) is 11.5. The Kier molecular flexibility index (Phi) is 1.90. The number of nitrogens with zero attached hydrogens (tertiary/aromatic N) is 1. The third-order valence-corrected chi connectivity index (χ3v) is 4.62. The fourth-order valence-corrected chi connectivity index (χ4v) is 3.20. The molecule has 2 nitrogen and oxygen atoms in total. The second-order valence-electron chi connectivity index (χ2n) is 6.06. The van der Waals surface area contributed by atoms with Crippen LogP contribution in [0, 0.1) is 5.41 Å². The molecule has 2 aliphatic rings. The van der Waals surface area contributed by atoms with Gasteiger partial charge in [0.1, 0.15) is 0 Å². The van der Waals surface area contributed by atoms with E-state index in [2.05, 4.69) is 20.8 Å². The number of pyridine rings is 1. The number of nitrogen functional groups attached to an aromatic ring is 1. The number of fused-ring (bicyclic) bond motifs is 2. The first-order valence-corrected chi connectivity index (χ1v) is 6.30. The lowest BCUT2D eigenvalue weighted by atomic mass is 9.82. The van der Waals surface area contributed by atoms with E-state index in [9.17, 15) is 0 Å². The zero-order valence-corrected chi connectivity index (χ0v) is 10.4. The number of hydrogen-bond acceptors (Lipinski definition) is 2. The highest BCUT2D eigenvalue weighted by atomic mass is 14.8. The Labute approximate surface area is 97.3 Å². The molecule has 86 valence electrons. The molecule has 0 aromatic carbocycles. The van der Waals surface area contributed by atoms with Crippen LogP contribution in [-0.2, 0) is 19.3 Å². The molecule has 0 amide bonds. The highest BCUT2D eigenvalue weighted by Crippen LogP contribution is 2.49. The van der Waals surface area contributed by atoms with E-state index in [1.807, 2.05) is 0 Å². The molecule has 2 aliphatic carbocycles. The Morgan fingerprint density at radius 1 is 1.25 bits per heavy atom. The van der Waals surface area contributed by atoms with E-state index in [1.165, 1.54) is 28.9 Å². The number of anilines is 1. The van der Waals surface area contributed by atoms with Crippen LogP contribution in [-0.4, -0.2) is 4.98 Å². The quantitative estimate of drug-likeness (QED) is 0.724. The third kappa shape index (κ3) is 1.16. The van der Waals surface area contributed by atoms with Crippen molar-refractivity contribution in [2.45, 2.75) is 52.4 Å². The summed E-state index contributed by atoms with van der Waals surface area (Å²) in [4.78, 5) is 4.89. The number of aryl methyl sites for hydroxylation is 1. The highest BCUT2D eigenvalue weighted by Gasteiger charge is 2.39. The first kappa shape index (κ1) is 10.1. The summed E-state index contributed by atoms with van der Waals surface area (Å²) in [6.07, 6.45) is 4.58. The third-order valence-electron chi connectivity index (χ3n) is 4.62. The Bertz CT molecular complexity index is 460. The Hall–Kier alpha value is -1.05. The van der Waals surface area contributed by atoms with Gasteiger partial charge in [0.2, 0.25) is 0 Å². The minimum atomic E-state index is 0.318. The molecule has 2 heteroatoms. The van der Waals surface area contributed by atoms with Crippen molar-refractivity contribution in [3.8, 4) is 0 Å². The van der Waals surface area contributed by atoms with Crippen LogP contribution in [0.15, 0.2) is 0 Å². The topological polar surface area (TPSA) is 38.9 Å². The van der Waals surface area contributed by atoms with Crippen LogP contribution in [0.2, 0.25) is 0 Å². The van der Waals surface area contributed by atoms with E-state index in [0.717, 1.165) is 24.9 Å². The zero-order valence-electron chi connectivity index (χ0n) is 10.4. The Morgan fingerprint density at radius 3 is 2.75 bits per heavy atom. The van der Waals surface area contributed by atoms with Crippen molar-refractivity contribution in [1.82, 2.24) is 4.98 Å². The maximum absolute atomic E-state index is 6.33. The molecule has 0 saturated heterocycles. The van der Waals surface area contributed by atoms with Crippen molar-refractivity contribution in [2.24, 2.45) is 5.41 Å². The summed E-state index contributed by atoms with van der Waals surface area (Å²) in [7, 11) is 0. The van der Waals surface area contributed by atoms with Gasteiger partial charge in [0.05, 0.1) is 0 Å². The highest BCUT2D eigenvalue weighted by molar-refractivity contribution is 5.61. The van der Waals surface area contributed by atoms with Crippen molar-refractivity contribution in [3.63, 3.8) is 0 Å². The SMILES string of the molecule is CC1c2nc3c(c(N)c2CC1(C)C)CCC3. The summed E-state index contributed by atoms with van der Waals surface area (Å²) >= 11 is 0. The molecule has 16 heavy (non-hydrogen) atoms. The van der Waals surface area contributed by atoms with Gasteiger partial charge in [-0.15, -0.1) is 0 Å². The summed E-state index contributed by atoms with van der Waals surface area (Å²) in [6.45, 7) is 6.94. The average molecular weight is 216 g/mol. The number of hydrogen-bond donors (Lipinski definition) is 1. The second-order valence-corrected chi connectivity index (χ2v) is 6.06. The van der Waals surface area contributed by atoms with E-state index in [4.69, 9.17) is 10.7 Å². The van der Waals surface area contributed by atoms with Crippen LogP contribution in [0.3, 0.4) is 0 Å². The van der Waals surface area contributed by atoms with Gasteiger partial charge >= 0.3 is 0 Å². The van der Waals surface area contributed by atoms with E-state index in [0.29, 0.717) is 11.3 Å². The summed E-state index contributed by atoms with van der Waals surface area (Å²) < 4.78 is 0. The van der Waals surface area contributed by atoms with Crippen LogP contribution in [0.4, 0.5) is 5.69 Å². The van der Waals surface area contributed by atoms with Gasteiger partial charge in [-0.25, -0.2) is 0 Å². The summed E-state index contributed by atoms with van der Waals surface area (Å²) in [5, 5.41) is 0. The van der Waals surface area contributed by atoms with Gasteiger partial charge in [0.25, 0.3) is 0 Å². The van der Waals surface area contributed by atoms with Crippen LogP contribution in [0.25, 0.3) is 0 Å². The maximum atomic E-state index is 6.33. The number of aromatic nitrogens is 1. The monoisotopic (exact) mass is 216 g/mol. The average Bonchev–Trinajstić information content (AvgIpc) is 2.76. The normalized spacial score (nSPS) is 25.6. The molecule has 0 spiro atoms. The van der Waals surface area contributed by atoms with E-state index < -0.39 is 0 Å². The van der Waals surface area contributed by atoms with Gasteiger partial charge in [-0.2, -0.15) is 0 Å². The predicted molar refractivity (Wildman–Crippen MR) is 66.6 cm³/mol. The molecular weight excluding hydrogens is 196 g/mol. The van der Waals surface area contributed by atoms with Crippen molar-refractivity contribution >= 4 is 5.69 Å². The maximum Gasteiger partial charge on any atom is 0.0493 e. The van der Waals surface area contributed by atoms with Gasteiger partial charge < -0.3 is 5.73 Å². The van der Waals surface area contributed by atoms with Gasteiger partial charge in [0, 0.05) is 23.0 Å². The minimum absolute atomic E-state index is 0.318. The summed E-state index contributed by atoms with van der Waals surface area (Å²) in [5.41, 5.74) is 13.0. The molecule has 1 aromatic rings. The van der Waals surface area contributed by atoms with Crippen LogP contribution < -0.4 is 5.73 Å². The lowest BCUT2D eigenvalue weighted by molar-refractivity contribution is 0.327. The smallest absolute Gasteiger partial charge is 0.0493 e. The molecule has 0 radical (unpaired) electrons.